The minimum atomic E-state index is -0.520. The number of esters is 1. The lowest BCUT2D eigenvalue weighted by Gasteiger charge is -2.20. The molecule has 0 unspecified atom stereocenters. The molecule has 0 amide bonds. The Kier molecular flexibility index (Phi) is 3.84. The molecule has 0 aliphatic heterocycles. The molecule has 0 aliphatic rings. The highest BCUT2D eigenvalue weighted by atomic mass is 16.6. The molecule has 1 aromatic heterocycles. The number of carbonyl (C=O) groups excluding carboxylic acids is 1. The van der Waals surface area contributed by atoms with Gasteiger partial charge in [-0.15, -0.1) is 0 Å². The summed E-state index contributed by atoms with van der Waals surface area (Å²) in [5.41, 5.74) is 7.42. The second kappa shape index (κ2) is 5.41. The molecule has 0 spiro atoms. The summed E-state index contributed by atoms with van der Waals surface area (Å²) in [4.78, 5) is 12.2. The molecular weight excluding hydrogens is 252 g/mol. The molecule has 2 aromatic rings. The maximum Gasteiger partial charge on any atom is 0.355 e. The van der Waals surface area contributed by atoms with E-state index in [1.54, 1.807) is 12.3 Å². The largest absolute Gasteiger partial charge is 0.455 e. The third-order valence-electron chi connectivity index (χ3n) is 2.72. The van der Waals surface area contributed by atoms with Gasteiger partial charge in [-0.1, -0.05) is 30.3 Å². The summed E-state index contributed by atoms with van der Waals surface area (Å²) >= 11 is 0. The summed E-state index contributed by atoms with van der Waals surface area (Å²) in [6.45, 7) is 6.13. The quantitative estimate of drug-likeness (QED) is 0.874. The lowest BCUT2D eigenvalue weighted by Crippen LogP contribution is -2.25. The number of rotatable bonds is 3. The number of ether oxygens (including phenoxy) is 1. The minimum Gasteiger partial charge on any atom is -0.455 e. The normalized spacial score (nSPS) is 11.3. The second-order valence-electron chi connectivity index (χ2n) is 5.77. The first-order valence-corrected chi connectivity index (χ1v) is 6.58. The summed E-state index contributed by atoms with van der Waals surface area (Å²) in [5.74, 6) is -0.356. The minimum absolute atomic E-state index is 0.356. The van der Waals surface area contributed by atoms with Crippen LogP contribution in [-0.2, 0) is 11.3 Å². The molecule has 20 heavy (non-hydrogen) atoms. The standard InChI is InChI=1S/C16H20N2O2/c1-16(2,3)20-15(19)14-9-13(17)11-18(14)10-12-7-5-4-6-8-12/h4-9,11H,10,17H2,1-3H3. The van der Waals surface area contributed by atoms with Crippen molar-refractivity contribution in [1.29, 1.82) is 0 Å². The monoisotopic (exact) mass is 272 g/mol. The zero-order valence-electron chi connectivity index (χ0n) is 12.1. The second-order valence-corrected chi connectivity index (χ2v) is 5.77. The number of nitrogens with two attached hydrogens (primary N) is 1. The van der Waals surface area contributed by atoms with Crippen LogP contribution in [0, 0.1) is 0 Å². The van der Waals surface area contributed by atoms with E-state index >= 15 is 0 Å². The Morgan fingerprint density at radius 2 is 1.90 bits per heavy atom. The van der Waals surface area contributed by atoms with Crippen molar-refractivity contribution in [3.05, 3.63) is 53.9 Å². The topological polar surface area (TPSA) is 57.2 Å². The van der Waals surface area contributed by atoms with Crippen molar-refractivity contribution in [2.75, 3.05) is 5.73 Å². The van der Waals surface area contributed by atoms with E-state index in [2.05, 4.69) is 0 Å². The molecule has 2 rings (SSSR count). The fourth-order valence-electron chi connectivity index (χ4n) is 1.95. The molecular formula is C16H20N2O2. The molecule has 106 valence electrons. The smallest absolute Gasteiger partial charge is 0.355 e. The van der Waals surface area contributed by atoms with Crippen LogP contribution < -0.4 is 5.73 Å². The third-order valence-corrected chi connectivity index (χ3v) is 2.72. The van der Waals surface area contributed by atoms with Crippen molar-refractivity contribution < 1.29 is 9.53 Å². The van der Waals surface area contributed by atoms with Gasteiger partial charge < -0.3 is 15.0 Å². The maximum atomic E-state index is 12.2. The van der Waals surface area contributed by atoms with Crippen molar-refractivity contribution >= 4 is 11.7 Å². The highest BCUT2D eigenvalue weighted by Gasteiger charge is 2.21. The Morgan fingerprint density at radius 1 is 1.25 bits per heavy atom. The first kappa shape index (κ1) is 14.2. The van der Waals surface area contributed by atoms with Crippen LogP contribution in [-0.4, -0.2) is 16.1 Å². The highest BCUT2D eigenvalue weighted by molar-refractivity contribution is 5.89. The molecule has 0 saturated heterocycles. The number of carbonyl (C=O) groups is 1. The van der Waals surface area contributed by atoms with Crippen LogP contribution >= 0.6 is 0 Å². The van der Waals surface area contributed by atoms with E-state index in [4.69, 9.17) is 10.5 Å². The zero-order valence-corrected chi connectivity index (χ0v) is 12.1. The molecule has 1 heterocycles. The number of benzene rings is 1. The molecule has 0 aliphatic carbocycles. The Bertz CT molecular complexity index is 595. The Hall–Kier alpha value is -2.23. The van der Waals surface area contributed by atoms with Gasteiger partial charge in [-0.2, -0.15) is 0 Å². The van der Waals surface area contributed by atoms with E-state index in [1.165, 1.54) is 0 Å². The molecule has 0 bridgehead atoms. The van der Waals surface area contributed by atoms with Crippen LogP contribution in [0.15, 0.2) is 42.6 Å². The van der Waals surface area contributed by atoms with Crippen LogP contribution in [0.2, 0.25) is 0 Å². The maximum absolute atomic E-state index is 12.2. The third kappa shape index (κ3) is 3.63. The molecule has 4 heteroatoms. The van der Waals surface area contributed by atoms with Gasteiger partial charge in [-0.25, -0.2) is 4.79 Å². The van der Waals surface area contributed by atoms with Gasteiger partial charge in [-0.05, 0) is 32.4 Å². The van der Waals surface area contributed by atoms with Crippen LogP contribution in [0.3, 0.4) is 0 Å². The van der Waals surface area contributed by atoms with Crippen LogP contribution in [0.5, 0.6) is 0 Å². The van der Waals surface area contributed by atoms with E-state index in [9.17, 15) is 4.79 Å². The van der Waals surface area contributed by atoms with Gasteiger partial charge in [-0.3, -0.25) is 0 Å². The fraction of sp³-hybridized carbons (Fsp3) is 0.312. The number of hydrogen-bond acceptors (Lipinski definition) is 3. The van der Waals surface area contributed by atoms with E-state index in [1.807, 2.05) is 55.7 Å². The van der Waals surface area contributed by atoms with Crippen LogP contribution in [0.1, 0.15) is 36.8 Å². The van der Waals surface area contributed by atoms with Gasteiger partial charge in [0, 0.05) is 12.7 Å². The van der Waals surface area contributed by atoms with E-state index < -0.39 is 5.60 Å². The zero-order chi connectivity index (χ0) is 14.8. The van der Waals surface area contributed by atoms with Gasteiger partial charge >= 0.3 is 5.97 Å². The summed E-state index contributed by atoms with van der Waals surface area (Å²) in [7, 11) is 0. The Labute approximate surface area is 119 Å². The molecule has 4 nitrogen and oxygen atoms in total. The Morgan fingerprint density at radius 3 is 2.50 bits per heavy atom. The van der Waals surface area contributed by atoms with Gasteiger partial charge in [0.15, 0.2) is 0 Å². The van der Waals surface area contributed by atoms with Crippen molar-refractivity contribution in [2.24, 2.45) is 0 Å². The predicted molar refractivity (Wildman–Crippen MR) is 79.6 cm³/mol. The fourth-order valence-corrected chi connectivity index (χ4v) is 1.95. The molecule has 0 fully saturated rings. The molecule has 0 saturated carbocycles. The van der Waals surface area contributed by atoms with Gasteiger partial charge in [0.2, 0.25) is 0 Å². The van der Waals surface area contributed by atoms with Crippen molar-refractivity contribution in [1.82, 2.24) is 4.57 Å². The summed E-state index contributed by atoms with van der Waals surface area (Å²) < 4.78 is 7.22. The SMILES string of the molecule is CC(C)(C)OC(=O)c1cc(N)cn1Cc1ccccc1. The van der Waals surface area contributed by atoms with E-state index in [0.29, 0.717) is 17.9 Å². The van der Waals surface area contributed by atoms with Gasteiger partial charge in [0.1, 0.15) is 11.3 Å². The van der Waals surface area contributed by atoms with E-state index in [0.717, 1.165) is 5.56 Å². The summed E-state index contributed by atoms with van der Waals surface area (Å²) in [6.07, 6.45) is 1.76. The van der Waals surface area contributed by atoms with Crippen molar-refractivity contribution in [2.45, 2.75) is 32.9 Å². The molecule has 1 aromatic carbocycles. The lowest BCUT2D eigenvalue weighted by atomic mass is 10.2. The number of nitrogen functional groups attached to an aromatic ring is 1. The van der Waals surface area contributed by atoms with Gasteiger partial charge in [0.25, 0.3) is 0 Å². The summed E-state index contributed by atoms with van der Waals surface area (Å²) in [5, 5.41) is 0. The average Bonchev–Trinajstić information content (AvgIpc) is 2.69. The van der Waals surface area contributed by atoms with Crippen molar-refractivity contribution in [3.8, 4) is 0 Å². The number of anilines is 1. The number of aromatic nitrogens is 1. The lowest BCUT2D eigenvalue weighted by molar-refractivity contribution is 0.00582. The first-order valence-electron chi connectivity index (χ1n) is 6.58. The average molecular weight is 272 g/mol. The predicted octanol–water partition coefficient (Wildman–Crippen LogP) is 3.07. The van der Waals surface area contributed by atoms with Gasteiger partial charge in [0.05, 0.1) is 5.69 Å². The number of hydrogen-bond donors (Lipinski definition) is 1. The van der Waals surface area contributed by atoms with E-state index in [-0.39, 0.29) is 5.97 Å². The summed E-state index contributed by atoms with van der Waals surface area (Å²) in [6, 6.07) is 11.6. The first-order chi connectivity index (χ1) is 9.35. The number of nitrogens with zero attached hydrogens (tertiary/aromatic N) is 1. The van der Waals surface area contributed by atoms with Crippen LogP contribution in [0.4, 0.5) is 5.69 Å². The van der Waals surface area contributed by atoms with Crippen molar-refractivity contribution in [3.63, 3.8) is 0 Å². The molecule has 0 radical (unpaired) electrons. The molecule has 2 N–H and O–H groups in total. The molecule has 0 atom stereocenters. The highest BCUT2D eigenvalue weighted by Crippen LogP contribution is 2.17. The Balaban J connectivity index is 2.24. The van der Waals surface area contributed by atoms with Crippen LogP contribution in [0.25, 0.3) is 0 Å².